The second-order valence-electron chi connectivity index (χ2n) is 9.19. The highest BCUT2D eigenvalue weighted by Crippen LogP contribution is 2.45. The van der Waals surface area contributed by atoms with Crippen molar-refractivity contribution in [2.75, 3.05) is 26.7 Å². The average Bonchev–Trinajstić information content (AvgIpc) is 3.07. The van der Waals surface area contributed by atoms with E-state index in [1.165, 1.54) is 0 Å². The molecule has 7 heteroatoms. The maximum Gasteiger partial charge on any atom is 0.243 e. The van der Waals surface area contributed by atoms with Gasteiger partial charge in [0.15, 0.2) is 0 Å². The van der Waals surface area contributed by atoms with Crippen LogP contribution in [0.3, 0.4) is 0 Å². The van der Waals surface area contributed by atoms with Crippen molar-refractivity contribution in [3.8, 4) is 0 Å². The predicted molar refractivity (Wildman–Crippen MR) is 126 cm³/mol. The Hall–Kier alpha value is -1.89. The Labute approximate surface area is 193 Å². The number of carbonyl (C=O) groups is 3. The number of unbranched alkanes of at least 4 members (excludes halogenated alkanes) is 5. The Morgan fingerprint density at radius 1 is 1.00 bits per heavy atom. The molecule has 1 heterocycles. The number of rotatable bonds is 14. The van der Waals surface area contributed by atoms with Crippen LogP contribution >= 0.6 is 0 Å². The Bertz CT molecular complexity index is 651. The van der Waals surface area contributed by atoms with E-state index in [9.17, 15) is 14.4 Å². The third-order valence-electron chi connectivity index (χ3n) is 6.94. The molecule has 0 saturated carbocycles. The predicted octanol–water partition coefficient (Wildman–Crippen LogP) is 2.64. The van der Waals surface area contributed by atoms with Gasteiger partial charge in [0.1, 0.15) is 6.04 Å². The topological polar surface area (TPSA) is 98.7 Å². The largest absolute Gasteiger partial charge is 0.396 e. The van der Waals surface area contributed by atoms with E-state index in [4.69, 9.17) is 5.11 Å². The Kier molecular flexibility index (Phi) is 11.2. The summed E-state index contributed by atoms with van der Waals surface area (Å²) in [6.07, 6.45) is 12.3. The van der Waals surface area contributed by atoms with Gasteiger partial charge < -0.3 is 20.6 Å². The summed E-state index contributed by atoms with van der Waals surface area (Å²) >= 11 is 0. The number of aliphatic hydroxyl groups is 1. The molecule has 1 aliphatic heterocycles. The SMILES string of the molecule is CCCCCNC(=O)[C@@H]1[C@H]2C=C[C@@H](CCC)[C@@H](C(=O)NC)[C@@H]2C(=O)N1CCCCCCO. The van der Waals surface area contributed by atoms with Gasteiger partial charge in [0.25, 0.3) is 0 Å². The lowest BCUT2D eigenvalue weighted by molar-refractivity contribution is -0.140. The molecule has 7 nitrogen and oxygen atoms in total. The number of likely N-dealkylation sites (tertiary alicyclic amines) is 1. The first-order chi connectivity index (χ1) is 15.5. The number of aliphatic hydroxyl groups excluding tert-OH is 1. The average molecular weight is 450 g/mol. The number of allylic oxidation sites excluding steroid dienone is 1. The van der Waals surface area contributed by atoms with Gasteiger partial charge in [-0.25, -0.2) is 0 Å². The van der Waals surface area contributed by atoms with Crippen LogP contribution in [-0.2, 0) is 14.4 Å². The molecule has 3 N–H and O–H groups in total. The van der Waals surface area contributed by atoms with Crippen molar-refractivity contribution >= 4 is 17.7 Å². The van der Waals surface area contributed by atoms with Crippen LogP contribution in [0.4, 0.5) is 0 Å². The van der Waals surface area contributed by atoms with Gasteiger partial charge >= 0.3 is 0 Å². The minimum absolute atomic E-state index is 0.0166. The number of amides is 3. The van der Waals surface area contributed by atoms with E-state index in [0.717, 1.165) is 57.8 Å². The van der Waals surface area contributed by atoms with Crippen molar-refractivity contribution in [3.63, 3.8) is 0 Å². The van der Waals surface area contributed by atoms with Gasteiger partial charge in [-0.2, -0.15) is 0 Å². The number of hydrogen-bond donors (Lipinski definition) is 3. The van der Waals surface area contributed by atoms with Gasteiger partial charge in [0, 0.05) is 32.7 Å². The van der Waals surface area contributed by atoms with Crippen molar-refractivity contribution in [1.29, 1.82) is 0 Å². The first-order valence-corrected chi connectivity index (χ1v) is 12.6. The van der Waals surface area contributed by atoms with Gasteiger partial charge in [-0.05, 0) is 31.6 Å². The van der Waals surface area contributed by atoms with Crippen LogP contribution in [-0.4, -0.2) is 60.5 Å². The summed E-state index contributed by atoms with van der Waals surface area (Å²) in [6.45, 7) is 5.51. The zero-order chi connectivity index (χ0) is 23.5. The van der Waals surface area contributed by atoms with Crippen molar-refractivity contribution in [1.82, 2.24) is 15.5 Å². The fraction of sp³-hybridized carbons (Fsp3) is 0.800. The molecule has 1 saturated heterocycles. The maximum atomic E-state index is 13.6. The lowest BCUT2D eigenvalue weighted by Gasteiger charge is -2.34. The minimum Gasteiger partial charge on any atom is -0.396 e. The van der Waals surface area contributed by atoms with Crippen LogP contribution in [0.1, 0.15) is 71.6 Å². The molecule has 0 aromatic rings. The minimum atomic E-state index is -0.557. The van der Waals surface area contributed by atoms with Crippen molar-refractivity contribution in [2.45, 2.75) is 77.7 Å². The molecule has 2 aliphatic rings. The number of nitrogens with one attached hydrogen (secondary N) is 2. The first-order valence-electron chi connectivity index (χ1n) is 12.6. The van der Waals surface area contributed by atoms with Gasteiger partial charge in [-0.3, -0.25) is 14.4 Å². The highest BCUT2D eigenvalue weighted by molar-refractivity contribution is 5.96. The molecular weight excluding hydrogens is 406 g/mol. The fourth-order valence-corrected chi connectivity index (χ4v) is 5.31. The molecule has 0 radical (unpaired) electrons. The Balaban J connectivity index is 2.25. The molecule has 1 aliphatic carbocycles. The maximum absolute atomic E-state index is 13.6. The summed E-state index contributed by atoms with van der Waals surface area (Å²) in [5.74, 6) is -1.46. The van der Waals surface area contributed by atoms with E-state index in [1.807, 2.05) is 6.08 Å². The fourth-order valence-electron chi connectivity index (χ4n) is 5.31. The smallest absolute Gasteiger partial charge is 0.243 e. The zero-order valence-corrected chi connectivity index (χ0v) is 20.1. The van der Waals surface area contributed by atoms with E-state index in [0.29, 0.717) is 13.1 Å². The van der Waals surface area contributed by atoms with E-state index in [-0.39, 0.29) is 36.2 Å². The summed E-state index contributed by atoms with van der Waals surface area (Å²) < 4.78 is 0. The van der Waals surface area contributed by atoms with Gasteiger partial charge in [-0.15, -0.1) is 0 Å². The third-order valence-corrected chi connectivity index (χ3v) is 6.94. The third kappa shape index (κ3) is 6.33. The van der Waals surface area contributed by atoms with Crippen LogP contribution < -0.4 is 10.6 Å². The van der Waals surface area contributed by atoms with Crippen LogP contribution in [0.25, 0.3) is 0 Å². The van der Waals surface area contributed by atoms with Gasteiger partial charge in [-0.1, -0.05) is 58.1 Å². The second-order valence-corrected chi connectivity index (χ2v) is 9.19. The molecule has 0 aromatic heterocycles. The van der Waals surface area contributed by atoms with Crippen molar-refractivity contribution < 1.29 is 19.5 Å². The molecule has 0 spiro atoms. The Morgan fingerprint density at radius 2 is 1.75 bits per heavy atom. The molecule has 3 amide bonds. The van der Waals surface area contributed by atoms with Crippen molar-refractivity contribution in [3.05, 3.63) is 12.2 Å². The molecular formula is C25H43N3O4. The zero-order valence-electron chi connectivity index (χ0n) is 20.1. The molecule has 1 fully saturated rings. The van der Waals surface area contributed by atoms with Crippen molar-refractivity contribution in [2.24, 2.45) is 23.7 Å². The number of hydrogen-bond acceptors (Lipinski definition) is 4. The first kappa shape index (κ1) is 26.4. The highest BCUT2D eigenvalue weighted by atomic mass is 16.3. The standard InChI is InChI=1S/C25H43N3O4/c1-4-6-9-15-27-24(31)22-19-14-13-18(12-5-2)20(23(30)26-3)21(19)25(32)28(22)16-10-7-8-11-17-29/h13-14,18-22,29H,4-12,15-17H2,1-3H3,(H,26,30)(H,27,31)/t18-,19+,20-,21-,22+/m1/s1. The van der Waals surface area contributed by atoms with E-state index in [2.05, 4.69) is 30.6 Å². The van der Waals surface area contributed by atoms with Crippen LogP contribution in [0.15, 0.2) is 12.2 Å². The van der Waals surface area contributed by atoms with Gasteiger partial charge in [0.05, 0.1) is 11.8 Å². The molecule has 5 atom stereocenters. The molecule has 2 rings (SSSR count). The summed E-state index contributed by atoms with van der Waals surface area (Å²) in [5, 5.41) is 14.8. The molecule has 32 heavy (non-hydrogen) atoms. The molecule has 0 bridgehead atoms. The second kappa shape index (κ2) is 13.6. The van der Waals surface area contributed by atoms with Crippen LogP contribution in [0.5, 0.6) is 0 Å². The van der Waals surface area contributed by atoms with E-state index < -0.39 is 17.9 Å². The summed E-state index contributed by atoms with van der Waals surface area (Å²) in [6, 6.07) is -0.557. The summed E-state index contributed by atoms with van der Waals surface area (Å²) in [7, 11) is 1.62. The quantitative estimate of drug-likeness (QED) is 0.280. The summed E-state index contributed by atoms with van der Waals surface area (Å²) in [4.78, 5) is 41.5. The van der Waals surface area contributed by atoms with E-state index in [1.54, 1.807) is 11.9 Å². The lowest BCUT2D eigenvalue weighted by atomic mass is 9.68. The molecule has 0 aromatic carbocycles. The van der Waals surface area contributed by atoms with Crippen LogP contribution in [0, 0.1) is 23.7 Å². The number of carbonyl (C=O) groups excluding carboxylic acids is 3. The Morgan fingerprint density at radius 3 is 2.41 bits per heavy atom. The molecule has 0 unspecified atom stereocenters. The van der Waals surface area contributed by atoms with Crippen LogP contribution in [0.2, 0.25) is 0 Å². The highest BCUT2D eigenvalue weighted by Gasteiger charge is 2.56. The molecule has 182 valence electrons. The number of fused-ring (bicyclic) bond motifs is 1. The monoisotopic (exact) mass is 449 g/mol. The summed E-state index contributed by atoms with van der Waals surface area (Å²) in [5.41, 5.74) is 0. The lowest BCUT2D eigenvalue weighted by Crippen LogP contribution is -2.48. The van der Waals surface area contributed by atoms with E-state index >= 15 is 0 Å². The number of nitrogens with zero attached hydrogens (tertiary/aromatic N) is 1. The normalized spacial score (nSPS) is 26.8. The van der Waals surface area contributed by atoms with Gasteiger partial charge in [0.2, 0.25) is 17.7 Å².